The van der Waals surface area contributed by atoms with E-state index in [1.165, 1.54) is 0 Å². The minimum absolute atomic E-state index is 0.887. The number of carbonyl (C=O) groups is 1. The standard InChI is InChI=1S/C5H10O8S2/c1-3(4(6)13-2)5(14(7,8)9)15(10,11)12/h3,5H,1-2H3,(H,7,8,9)(H,10,11,12). The van der Waals surface area contributed by atoms with E-state index in [-0.39, 0.29) is 0 Å². The van der Waals surface area contributed by atoms with Gasteiger partial charge in [0.25, 0.3) is 20.2 Å². The van der Waals surface area contributed by atoms with Crippen LogP contribution in [0.1, 0.15) is 6.92 Å². The molecule has 10 heteroatoms. The second-order valence-electron chi connectivity index (χ2n) is 2.71. The van der Waals surface area contributed by atoms with Crippen LogP contribution in [0.2, 0.25) is 0 Å². The van der Waals surface area contributed by atoms with Crippen molar-refractivity contribution < 1.29 is 35.5 Å². The van der Waals surface area contributed by atoms with E-state index < -0.39 is 36.7 Å². The van der Waals surface area contributed by atoms with Crippen LogP contribution in [0.3, 0.4) is 0 Å². The average Bonchev–Trinajstić information content (AvgIpc) is 1.97. The maximum absolute atomic E-state index is 10.9. The molecule has 0 aromatic rings. The Bertz CT molecular complexity index is 400. The summed E-state index contributed by atoms with van der Waals surface area (Å²) in [6, 6.07) is 0. The van der Waals surface area contributed by atoms with Gasteiger partial charge < -0.3 is 4.74 Å². The first-order valence-corrected chi connectivity index (χ1v) is 6.53. The van der Waals surface area contributed by atoms with Crippen LogP contribution in [0.4, 0.5) is 0 Å². The zero-order valence-corrected chi connectivity index (χ0v) is 9.45. The largest absolute Gasteiger partial charge is 0.469 e. The lowest BCUT2D eigenvalue weighted by molar-refractivity contribution is -0.144. The van der Waals surface area contributed by atoms with Crippen LogP contribution in [0.25, 0.3) is 0 Å². The van der Waals surface area contributed by atoms with Gasteiger partial charge in [-0.05, 0) is 6.92 Å². The van der Waals surface area contributed by atoms with Gasteiger partial charge in [0, 0.05) is 0 Å². The van der Waals surface area contributed by atoms with Gasteiger partial charge in [-0.25, -0.2) is 0 Å². The van der Waals surface area contributed by atoms with Crippen molar-refractivity contribution in [3.8, 4) is 0 Å². The molecule has 1 atom stereocenters. The van der Waals surface area contributed by atoms with Gasteiger partial charge in [-0.15, -0.1) is 0 Å². The molecule has 2 N–H and O–H groups in total. The monoisotopic (exact) mass is 262 g/mol. The van der Waals surface area contributed by atoms with E-state index in [1.54, 1.807) is 0 Å². The van der Waals surface area contributed by atoms with E-state index in [0.717, 1.165) is 14.0 Å². The number of methoxy groups -OCH3 is 1. The molecule has 0 fully saturated rings. The van der Waals surface area contributed by atoms with Crippen molar-refractivity contribution in [1.29, 1.82) is 0 Å². The number of ether oxygens (including phenoxy) is 1. The van der Waals surface area contributed by atoms with Crippen molar-refractivity contribution >= 4 is 26.2 Å². The third kappa shape index (κ3) is 3.74. The van der Waals surface area contributed by atoms with Crippen LogP contribution in [-0.2, 0) is 29.8 Å². The van der Waals surface area contributed by atoms with Crippen molar-refractivity contribution in [1.82, 2.24) is 0 Å². The summed E-state index contributed by atoms with van der Waals surface area (Å²) in [5.74, 6) is -2.92. The predicted molar refractivity (Wildman–Crippen MR) is 48.1 cm³/mol. The Morgan fingerprint density at radius 3 is 1.67 bits per heavy atom. The number of carbonyl (C=O) groups excluding carboxylic acids is 1. The highest BCUT2D eigenvalue weighted by Gasteiger charge is 2.44. The first kappa shape index (κ1) is 14.3. The molecule has 0 bridgehead atoms. The fourth-order valence-electron chi connectivity index (χ4n) is 0.967. The van der Waals surface area contributed by atoms with Gasteiger partial charge in [0.05, 0.1) is 13.0 Å². The SMILES string of the molecule is COC(=O)C(C)C(S(=O)(=O)O)S(=O)(=O)O. The molecular formula is C5H10O8S2. The average molecular weight is 262 g/mol. The molecule has 0 saturated heterocycles. The van der Waals surface area contributed by atoms with Crippen molar-refractivity contribution in [3.05, 3.63) is 0 Å². The van der Waals surface area contributed by atoms with Crippen LogP contribution < -0.4 is 0 Å². The third-order valence-electron chi connectivity index (χ3n) is 1.57. The van der Waals surface area contributed by atoms with Crippen molar-refractivity contribution in [2.75, 3.05) is 7.11 Å². The van der Waals surface area contributed by atoms with Gasteiger partial charge in [0.2, 0.25) is 4.58 Å². The highest BCUT2D eigenvalue weighted by Crippen LogP contribution is 2.18. The first-order valence-electron chi connectivity index (χ1n) is 3.52. The molecule has 0 rings (SSSR count). The van der Waals surface area contributed by atoms with Crippen molar-refractivity contribution in [3.63, 3.8) is 0 Å². The highest BCUT2D eigenvalue weighted by molar-refractivity contribution is 8.04. The molecule has 0 aliphatic rings. The summed E-state index contributed by atoms with van der Waals surface area (Å²) in [7, 11) is -9.32. The first-order chi connectivity index (χ1) is 6.51. The Kier molecular flexibility index (Phi) is 4.22. The van der Waals surface area contributed by atoms with E-state index in [0.29, 0.717) is 0 Å². The molecule has 8 nitrogen and oxygen atoms in total. The van der Waals surface area contributed by atoms with Gasteiger partial charge >= 0.3 is 5.97 Å². The topological polar surface area (TPSA) is 135 Å². The maximum Gasteiger partial charge on any atom is 0.310 e. The second kappa shape index (κ2) is 4.43. The van der Waals surface area contributed by atoms with Crippen molar-refractivity contribution in [2.24, 2.45) is 5.92 Å². The predicted octanol–water partition coefficient (Wildman–Crippen LogP) is -1.10. The van der Waals surface area contributed by atoms with E-state index in [1.807, 2.05) is 0 Å². The van der Waals surface area contributed by atoms with Crippen LogP contribution >= 0.6 is 0 Å². The minimum Gasteiger partial charge on any atom is -0.469 e. The fraction of sp³-hybridized carbons (Fsp3) is 0.800. The van der Waals surface area contributed by atoms with Crippen molar-refractivity contribution in [2.45, 2.75) is 11.5 Å². The Labute approximate surface area is 86.7 Å². The number of esters is 1. The molecule has 0 amide bonds. The summed E-state index contributed by atoms with van der Waals surface area (Å²) in [6.45, 7) is 0.887. The molecule has 0 aromatic carbocycles. The molecule has 0 radical (unpaired) electrons. The lowest BCUT2D eigenvalue weighted by atomic mass is 10.2. The minimum atomic E-state index is -5.12. The number of hydrogen-bond acceptors (Lipinski definition) is 6. The molecular weight excluding hydrogens is 252 g/mol. The van der Waals surface area contributed by atoms with Gasteiger partial charge in [0.15, 0.2) is 0 Å². The summed E-state index contributed by atoms with van der Waals surface area (Å²) in [5, 5.41) is 0. The van der Waals surface area contributed by atoms with E-state index in [4.69, 9.17) is 9.11 Å². The lowest BCUT2D eigenvalue weighted by Crippen LogP contribution is -2.39. The van der Waals surface area contributed by atoms with Gasteiger partial charge in [0.1, 0.15) is 0 Å². The molecule has 0 saturated carbocycles. The fourth-order valence-corrected chi connectivity index (χ4v) is 3.45. The molecule has 0 heterocycles. The quantitative estimate of drug-likeness (QED) is 0.481. The Morgan fingerprint density at radius 1 is 1.13 bits per heavy atom. The van der Waals surface area contributed by atoms with Crippen LogP contribution in [-0.4, -0.2) is 43.6 Å². The van der Waals surface area contributed by atoms with Gasteiger partial charge in [-0.2, -0.15) is 16.8 Å². The number of hydrogen-bond donors (Lipinski definition) is 2. The zero-order chi connectivity index (χ0) is 12.4. The molecule has 0 aromatic heterocycles. The van der Waals surface area contributed by atoms with E-state index in [2.05, 4.69) is 4.74 Å². The molecule has 90 valence electrons. The zero-order valence-electron chi connectivity index (χ0n) is 7.82. The third-order valence-corrected chi connectivity index (χ3v) is 5.02. The number of rotatable bonds is 4. The van der Waals surface area contributed by atoms with Crippen LogP contribution in [0, 0.1) is 5.92 Å². The molecule has 1 unspecified atom stereocenters. The lowest BCUT2D eigenvalue weighted by Gasteiger charge is -2.15. The van der Waals surface area contributed by atoms with Gasteiger partial charge in [-0.1, -0.05) is 0 Å². The summed E-state index contributed by atoms with van der Waals surface area (Å²) >= 11 is 0. The Balaban J connectivity index is 5.45. The molecule has 0 spiro atoms. The van der Waals surface area contributed by atoms with Gasteiger partial charge in [-0.3, -0.25) is 13.9 Å². The normalized spacial score (nSPS) is 15.0. The molecule has 0 aliphatic heterocycles. The summed E-state index contributed by atoms with van der Waals surface area (Å²) in [6.07, 6.45) is 0. The summed E-state index contributed by atoms with van der Waals surface area (Å²) in [4.78, 5) is 10.9. The van der Waals surface area contributed by atoms with Crippen LogP contribution in [0.5, 0.6) is 0 Å². The van der Waals surface area contributed by atoms with E-state index in [9.17, 15) is 21.6 Å². The summed E-state index contributed by atoms with van der Waals surface area (Å²) < 4.78 is 61.2. The van der Waals surface area contributed by atoms with E-state index >= 15 is 0 Å². The second-order valence-corrected chi connectivity index (χ2v) is 6.08. The Hall–Kier alpha value is -0.710. The van der Waals surface area contributed by atoms with Crippen LogP contribution in [0.15, 0.2) is 0 Å². The molecule has 0 aliphatic carbocycles. The summed E-state index contributed by atoms with van der Waals surface area (Å²) in [5.41, 5.74) is 0. The Morgan fingerprint density at radius 2 is 1.47 bits per heavy atom. The smallest absolute Gasteiger partial charge is 0.310 e. The highest BCUT2D eigenvalue weighted by atomic mass is 32.3. The molecule has 15 heavy (non-hydrogen) atoms. The maximum atomic E-state index is 10.9.